The van der Waals surface area contributed by atoms with E-state index in [0.717, 1.165) is 0 Å². The quantitative estimate of drug-likeness (QED) is 0.663. The number of pyridine rings is 1. The molecular formula is C24H22N4O2. The smallest absolute Gasteiger partial charge is 0.257 e. The number of carbonyl (C=O) groups excluding carboxylic acids is 2. The van der Waals surface area contributed by atoms with E-state index < -0.39 is 5.91 Å². The topological polar surface area (TPSA) is 94.9 Å². The predicted molar refractivity (Wildman–Crippen MR) is 116 cm³/mol. The molecule has 0 aliphatic carbocycles. The van der Waals surface area contributed by atoms with Crippen molar-refractivity contribution < 1.29 is 9.59 Å². The van der Waals surface area contributed by atoms with Crippen molar-refractivity contribution in [3.8, 4) is 6.07 Å². The highest BCUT2D eigenvalue weighted by Gasteiger charge is 2.15. The van der Waals surface area contributed by atoms with E-state index in [-0.39, 0.29) is 22.4 Å². The lowest BCUT2D eigenvalue weighted by Crippen LogP contribution is -2.16. The third-order valence-electron chi connectivity index (χ3n) is 4.52. The monoisotopic (exact) mass is 398 g/mol. The van der Waals surface area contributed by atoms with Crippen LogP contribution in [0.25, 0.3) is 0 Å². The Balaban J connectivity index is 1.72. The van der Waals surface area contributed by atoms with Gasteiger partial charge in [0.2, 0.25) is 0 Å². The second-order valence-corrected chi connectivity index (χ2v) is 7.89. The van der Waals surface area contributed by atoms with Gasteiger partial charge in [-0.05, 0) is 47.4 Å². The van der Waals surface area contributed by atoms with E-state index in [1.807, 2.05) is 30.3 Å². The van der Waals surface area contributed by atoms with Crippen molar-refractivity contribution in [2.75, 3.05) is 10.6 Å². The lowest BCUT2D eigenvalue weighted by atomic mass is 9.87. The van der Waals surface area contributed by atoms with Crippen molar-refractivity contribution in [1.29, 1.82) is 5.26 Å². The first-order chi connectivity index (χ1) is 14.3. The minimum Gasteiger partial charge on any atom is -0.322 e. The van der Waals surface area contributed by atoms with Gasteiger partial charge in [-0.15, -0.1) is 0 Å². The van der Waals surface area contributed by atoms with Crippen molar-refractivity contribution in [2.45, 2.75) is 26.2 Å². The van der Waals surface area contributed by atoms with Crippen LogP contribution in [0.3, 0.4) is 0 Å². The minimum absolute atomic E-state index is 0.0287. The van der Waals surface area contributed by atoms with E-state index in [1.54, 1.807) is 24.3 Å². The molecule has 0 spiro atoms. The van der Waals surface area contributed by atoms with Crippen LogP contribution in [0.5, 0.6) is 0 Å². The molecule has 1 heterocycles. The van der Waals surface area contributed by atoms with Crippen molar-refractivity contribution in [3.63, 3.8) is 0 Å². The number of benzene rings is 2. The number of amides is 2. The van der Waals surface area contributed by atoms with Gasteiger partial charge in [-0.2, -0.15) is 5.26 Å². The van der Waals surface area contributed by atoms with Gasteiger partial charge in [-0.25, -0.2) is 0 Å². The minimum atomic E-state index is -0.415. The van der Waals surface area contributed by atoms with Gasteiger partial charge < -0.3 is 10.6 Å². The van der Waals surface area contributed by atoms with Gasteiger partial charge in [0.1, 0.15) is 0 Å². The number of rotatable bonds is 4. The van der Waals surface area contributed by atoms with Crippen LogP contribution in [-0.4, -0.2) is 16.8 Å². The summed E-state index contributed by atoms with van der Waals surface area (Å²) in [6, 6.07) is 17.8. The molecule has 2 aromatic carbocycles. The van der Waals surface area contributed by atoms with Crippen LogP contribution in [-0.2, 0) is 5.41 Å². The number of nitriles is 1. The lowest BCUT2D eigenvalue weighted by Gasteiger charge is -2.19. The summed E-state index contributed by atoms with van der Waals surface area (Å²) < 4.78 is 0. The molecule has 0 atom stereocenters. The molecule has 6 nitrogen and oxygen atoms in total. The fourth-order valence-corrected chi connectivity index (χ4v) is 2.81. The Morgan fingerprint density at radius 2 is 1.47 bits per heavy atom. The number of hydrogen-bond acceptors (Lipinski definition) is 4. The SMILES string of the molecule is CC(C)(C)c1ccc(NC(=O)c2cncc(C(=O)Nc3cccc(C#N)c3)c2)cc1. The Morgan fingerprint density at radius 3 is 2.03 bits per heavy atom. The molecular weight excluding hydrogens is 376 g/mol. The molecule has 1 aromatic heterocycles. The second kappa shape index (κ2) is 8.58. The van der Waals surface area contributed by atoms with Gasteiger partial charge in [0, 0.05) is 23.8 Å². The molecule has 0 fully saturated rings. The average Bonchev–Trinajstić information content (AvgIpc) is 2.73. The molecule has 0 saturated heterocycles. The highest BCUT2D eigenvalue weighted by Crippen LogP contribution is 2.23. The first-order valence-electron chi connectivity index (χ1n) is 9.45. The summed E-state index contributed by atoms with van der Waals surface area (Å²) in [6.07, 6.45) is 2.80. The van der Waals surface area contributed by atoms with Gasteiger partial charge >= 0.3 is 0 Å². The number of carbonyl (C=O) groups is 2. The van der Waals surface area contributed by atoms with Gasteiger partial charge in [0.25, 0.3) is 11.8 Å². The first kappa shape index (κ1) is 20.7. The molecule has 0 aliphatic heterocycles. The van der Waals surface area contributed by atoms with Crippen LogP contribution in [0.4, 0.5) is 11.4 Å². The van der Waals surface area contributed by atoms with E-state index in [0.29, 0.717) is 16.9 Å². The van der Waals surface area contributed by atoms with Crippen molar-refractivity contribution in [1.82, 2.24) is 4.98 Å². The van der Waals surface area contributed by atoms with Gasteiger partial charge in [0.05, 0.1) is 22.8 Å². The maximum Gasteiger partial charge on any atom is 0.257 e. The Kier molecular flexibility index (Phi) is 5.93. The third-order valence-corrected chi connectivity index (χ3v) is 4.52. The third kappa shape index (κ3) is 5.09. The van der Waals surface area contributed by atoms with Crippen LogP contribution < -0.4 is 10.6 Å². The Labute approximate surface area is 175 Å². The van der Waals surface area contributed by atoms with Crippen molar-refractivity contribution >= 4 is 23.2 Å². The fourth-order valence-electron chi connectivity index (χ4n) is 2.81. The highest BCUT2D eigenvalue weighted by molar-refractivity contribution is 6.08. The number of hydrogen-bond donors (Lipinski definition) is 2. The van der Waals surface area contributed by atoms with Crippen LogP contribution >= 0.6 is 0 Å². The normalized spacial score (nSPS) is 10.7. The molecule has 30 heavy (non-hydrogen) atoms. The standard InChI is InChI=1S/C24H22N4O2/c1-24(2,3)19-7-9-20(10-8-19)27-22(29)17-12-18(15-26-14-17)23(30)28-21-6-4-5-16(11-21)13-25/h4-12,14-15H,1-3H3,(H,27,29)(H,28,30). The highest BCUT2D eigenvalue weighted by atomic mass is 16.2. The summed E-state index contributed by atoms with van der Waals surface area (Å²) in [7, 11) is 0. The maximum absolute atomic E-state index is 12.6. The largest absolute Gasteiger partial charge is 0.322 e. The molecule has 6 heteroatoms. The average molecular weight is 398 g/mol. The molecule has 0 saturated carbocycles. The zero-order chi connectivity index (χ0) is 21.7. The fraction of sp³-hybridized carbons (Fsp3) is 0.167. The van der Waals surface area contributed by atoms with E-state index in [9.17, 15) is 9.59 Å². The summed E-state index contributed by atoms with van der Waals surface area (Å²) in [5.41, 5.74) is 3.31. The summed E-state index contributed by atoms with van der Waals surface area (Å²) >= 11 is 0. The molecule has 3 rings (SSSR count). The number of nitrogens with one attached hydrogen (secondary N) is 2. The molecule has 0 unspecified atom stereocenters. The van der Waals surface area contributed by atoms with Crippen molar-refractivity contribution in [2.24, 2.45) is 0 Å². The van der Waals surface area contributed by atoms with Gasteiger partial charge in [0.15, 0.2) is 0 Å². The molecule has 0 aliphatic rings. The van der Waals surface area contributed by atoms with Crippen LogP contribution in [0.2, 0.25) is 0 Å². The molecule has 2 amide bonds. The Morgan fingerprint density at radius 1 is 0.867 bits per heavy atom. The number of nitrogens with zero attached hydrogens (tertiary/aromatic N) is 2. The predicted octanol–water partition coefficient (Wildman–Crippen LogP) is 4.76. The number of aromatic nitrogens is 1. The summed E-state index contributed by atoms with van der Waals surface area (Å²) in [6.45, 7) is 6.37. The molecule has 0 radical (unpaired) electrons. The zero-order valence-electron chi connectivity index (χ0n) is 17.1. The zero-order valence-corrected chi connectivity index (χ0v) is 17.1. The molecule has 150 valence electrons. The van der Waals surface area contributed by atoms with Crippen molar-refractivity contribution in [3.05, 3.63) is 89.2 Å². The van der Waals surface area contributed by atoms with E-state index in [4.69, 9.17) is 5.26 Å². The van der Waals surface area contributed by atoms with Crippen LogP contribution in [0.15, 0.2) is 67.0 Å². The number of anilines is 2. The van der Waals surface area contributed by atoms with E-state index in [2.05, 4.69) is 36.4 Å². The summed E-state index contributed by atoms with van der Waals surface area (Å²) in [5, 5.41) is 14.5. The lowest BCUT2D eigenvalue weighted by molar-refractivity contribution is 0.102. The second-order valence-electron chi connectivity index (χ2n) is 7.89. The summed E-state index contributed by atoms with van der Waals surface area (Å²) in [5.74, 6) is -0.770. The Bertz CT molecular complexity index is 1120. The molecule has 2 N–H and O–H groups in total. The molecule has 0 bridgehead atoms. The first-order valence-corrected chi connectivity index (χ1v) is 9.45. The van der Waals surface area contributed by atoms with Crippen LogP contribution in [0, 0.1) is 11.3 Å². The van der Waals surface area contributed by atoms with E-state index >= 15 is 0 Å². The van der Waals surface area contributed by atoms with Gasteiger partial charge in [-0.1, -0.05) is 39.0 Å². The van der Waals surface area contributed by atoms with Crippen LogP contribution in [0.1, 0.15) is 52.6 Å². The molecule has 3 aromatic rings. The van der Waals surface area contributed by atoms with Gasteiger partial charge in [-0.3, -0.25) is 14.6 Å². The maximum atomic E-state index is 12.6. The van der Waals surface area contributed by atoms with E-state index in [1.165, 1.54) is 24.0 Å². The Hall–Kier alpha value is -3.98. The summed E-state index contributed by atoms with van der Waals surface area (Å²) in [4.78, 5) is 29.1.